The Bertz CT molecular complexity index is 1120. The molecule has 1 saturated carbocycles. The number of hydrogen-bond acceptors (Lipinski definition) is 0. The van der Waals surface area contributed by atoms with Crippen LogP contribution < -0.4 is 0 Å². The van der Waals surface area contributed by atoms with Crippen LogP contribution >= 0.6 is 0 Å². The molecule has 0 saturated heterocycles. The maximum absolute atomic E-state index is 15.2. The van der Waals surface area contributed by atoms with E-state index in [-0.39, 0.29) is 11.1 Å². The summed E-state index contributed by atoms with van der Waals surface area (Å²) in [7, 11) is 0. The molecule has 4 rings (SSSR count). The van der Waals surface area contributed by atoms with Gasteiger partial charge >= 0.3 is 0 Å². The zero-order valence-corrected chi connectivity index (χ0v) is 18.6. The van der Waals surface area contributed by atoms with Crippen LogP contribution in [0.25, 0.3) is 22.3 Å². The molecule has 0 atom stereocenters. The Morgan fingerprint density at radius 3 is 2.03 bits per heavy atom. The predicted molar refractivity (Wildman–Crippen MR) is 121 cm³/mol. The molecule has 0 amide bonds. The Balaban J connectivity index is 1.76. The van der Waals surface area contributed by atoms with Crippen molar-refractivity contribution >= 4 is 0 Å². The fourth-order valence-electron chi connectivity index (χ4n) is 5.06. The van der Waals surface area contributed by atoms with Crippen molar-refractivity contribution in [1.29, 1.82) is 0 Å². The van der Waals surface area contributed by atoms with Gasteiger partial charge in [0.15, 0.2) is 23.3 Å². The van der Waals surface area contributed by atoms with E-state index in [0.717, 1.165) is 37.7 Å². The molecule has 3 aromatic rings. The molecule has 33 heavy (non-hydrogen) atoms. The van der Waals surface area contributed by atoms with E-state index in [0.29, 0.717) is 24.3 Å². The van der Waals surface area contributed by atoms with Crippen molar-refractivity contribution in [3.63, 3.8) is 0 Å². The molecule has 0 nitrogen and oxygen atoms in total. The highest BCUT2D eigenvalue weighted by molar-refractivity contribution is 5.74. The van der Waals surface area contributed by atoms with Gasteiger partial charge in [-0.25, -0.2) is 22.0 Å². The molecular formula is C28H27F5. The fourth-order valence-corrected chi connectivity index (χ4v) is 5.06. The average Bonchev–Trinajstić information content (AvgIpc) is 2.85. The third-order valence-electron chi connectivity index (χ3n) is 6.87. The maximum Gasteiger partial charge on any atom is 0.198 e. The van der Waals surface area contributed by atoms with Crippen LogP contribution in [-0.4, -0.2) is 0 Å². The number of unbranched alkanes of at least 4 members (excludes halogenated alkanes) is 1. The predicted octanol–water partition coefficient (Wildman–Crippen LogP) is 9.18. The molecule has 1 aliphatic rings. The third kappa shape index (κ3) is 4.68. The van der Waals surface area contributed by atoms with Gasteiger partial charge in [0, 0.05) is 16.7 Å². The minimum atomic E-state index is -1.91. The van der Waals surface area contributed by atoms with Crippen LogP contribution in [0.15, 0.2) is 48.5 Å². The molecule has 174 valence electrons. The maximum atomic E-state index is 15.2. The van der Waals surface area contributed by atoms with Crippen LogP contribution in [0.1, 0.15) is 63.4 Å². The summed E-state index contributed by atoms with van der Waals surface area (Å²) in [4.78, 5) is 0. The van der Waals surface area contributed by atoms with Crippen LogP contribution in [0.4, 0.5) is 22.0 Å². The first-order valence-corrected chi connectivity index (χ1v) is 11.6. The molecule has 0 aliphatic heterocycles. The van der Waals surface area contributed by atoms with E-state index in [1.54, 1.807) is 30.3 Å². The minimum absolute atomic E-state index is 0.244. The highest BCUT2D eigenvalue weighted by atomic mass is 19.2. The number of hydrogen-bond donors (Lipinski definition) is 0. The lowest BCUT2D eigenvalue weighted by Gasteiger charge is -2.30. The van der Waals surface area contributed by atoms with Crippen LogP contribution in [0.2, 0.25) is 0 Å². The van der Waals surface area contributed by atoms with Crippen molar-refractivity contribution in [3.05, 3.63) is 83.2 Å². The van der Waals surface area contributed by atoms with E-state index in [1.165, 1.54) is 12.1 Å². The molecule has 0 bridgehead atoms. The van der Waals surface area contributed by atoms with Gasteiger partial charge in [0.25, 0.3) is 0 Å². The smallest absolute Gasteiger partial charge is 0.198 e. The summed E-state index contributed by atoms with van der Waals surface area (Å²) in [5.74, 6) is -7.50. The van der Waals surface area contributed by atoms with E-state index in [2.05, 4.69) is 6.92 Å². The summed E-state index contributed by atoms with van der Waals surface area (Å²) < 4.78 is 73.8. The van der Waals surface area contributed by atoms with Gasteiger partial charge in [-0.2, -0.15) is 0 Å². The van der Waals surface area contributed by atoms with Crippen LogP contribution in [-0.2, 0) is 0 Å². The molecule has 1 aliphatic carbocycles. The lowest BCUT2D eigenvalue weighted by Crippen LogP contribution is -2.17. The number of halogens is 5. The number of rotatable bonds is 6. The highest BCUT2D eigenvalue weighted by Gasteiger charge is 2.33. The van der Waals surface area contributed by atoms with E-state index >= 15 is 13.2 Å². The topological polar surface area (TPSA) is 0 Å². The molecule has 0 heterocycles. The first kappa shape index (κ1) is 23.5. The first-order chi connectivity index (χ1) is 15.9. The van der Waals surface area contributed by atoms with Crippen molar-refractivity contribution in [2.45, 2.75) is 57.8 Å². The van der Waals surface area contributed by atoms with Crippen LogP contribution in [0, 0.1) is 35.0 Å². The van der Waals surface area contributed by atoms with Gasteiger partial charge in [-0.05, 0) is 54.7 Å². The van der Waals surface area contributed by atoms with E-state index in [1.807, 2.05) is 6.07 Å². The van der Waals surface area contributed by atoms with Crippen molar-refractivity contribution < 1.29 is 22.0 Å². The minimum Gasteiger partial charge on any atom is -0.206 e. The Morgan fingerprint density at radius 2 is 1.39 bits per heavy atom. The van der Waals surface area contributed by atoms with Crippen molar-refractivity contribution in [2.24, 2.45) is 5.92 Å². The standard InChI is InChI=1S/C28H27F5/c1-2-3-7-17-10-12-19(13-11-17)23-24(26(31)28(33)27(32)25(23)30)21-15-14-20(16-22(21)29)18-8-5-4-6-9-18/h4-6,8-9,14-17,19H,2-3,7,10-13H2,1H3. The van der Waals surface area contributed by atoms with Crippen molar-refractivity contribution in [3.8, 4) is 22.3 Å². The second-order valence-electron chi connectivity index (χ2n) is 8.97. The summed E-state index contributed by atoms with van der Waals surface area (Å²) >= 11 is 0. The second kappa shape index (κ2) is 10.1. The van der Waals surface area contributed by atoms with Gasteiger partial charge in [0.05, 0.1) is 0 Å². The average molecular weight is 459 g/mol. The molecule has 1 fully saturated rings. The van der Waals surface area contributed by atoms with Gasteiger partial charge in [-0.1, -0.05) is 68.7 Å². The normalized spacial score (nSPS) is 18.5. The Labute approximate surface area is 191 Å². The molecular weight excluding hydrogens is 431 g/mol. The van der Waals surface area contributed by atoms with Gasteiger partial charge < -0.3 is 0 Å². The fraction of sp³-hybridized carbons (Fsp3) is 0.357. The van der Waals surface area contributed by atoms with Crippen LogP contribution in [0.3, 0.4) is 0 Å². The van der Waals surface area contributed by atoms with Crippen molar-refractivity contribution in [1.82, 2.24) is 0 Å². The molecule has 0 spiro atoms. The second-order valence-corrected chi connectivity index (χ2v) is 8.97. The summed E-state index contributed by atoms with van der Waals surface area (Å²) in [6.07, 6.45) is 5.94. The van der Waals surface area contributed by atoms with Gasteiger partial charge in [0.1, 0.15) is 5.82 Å². The zero-order valence-electron chi connectivity index (χ0n) is 18.6. The molecule has 0 N–H and O–H groups in total. The van der Waals surface area contributed by atoms with Crippen molar-refractivity contribution in [2.75, 3.05) is 0 Å². The van der Waals surface area contributed by atoms with Gasteiger partial charge in [-0.15, -0.1) is 0 Å². The van der Waals surface area contributed by atoms with E-state index in [4.69, 9.17) is 0 Å². The summed E-state index contributed by atoms with van der Waals surface area (Å²) in [5.41, 5.74) is 0.309. The highest BCUT2D eigenvalue weighted by Crippen LogP contribution is 2.45. The lowest BCUT2D eigenvalue weighted by atomic mass is 9.75. The van der Waals surface area contributed by atoms with E-state index in [9.17, 15) is 8.78 Å². The van der Waals surface area contributed by atoms with E-state index < -0.39 is 40.6 Å². The lowest BCUT2D eigenvalue weighted by molar-refractivity contribution is 0.297. The summed E-state index contributed by atoms with van der Waals surface area (Å²) in [6.45, 7) is 2.12. The Hall–Kier alpha value is -2.69. The van der Waals surface area contributed by atoms with Crippen LogP contribution in [0.5, 0.6) is 0 Å². The molecule has 3 aromatic carbocycles. The summed E-state index contributed by atoms with van der Waals surface area (Å²) in [5, 5.41) is 0. The van der Waals surface area contributed by atoms with Gasteiger partial charge in [0.2, 0.25) is 0 Å². The first-order valence-electron chi connectivity index (χ1n) is 11.6. The Morgan fingerprint density at radius 1 is 0.727 bits per heavy atom. The SMILES string of the molecule is CCCCC1CCC(c2c(F)c(F)c(F)c(F)c2-c2ccc(-c3ccccc3)cc2F)CC1. The quantitative estimate of drug-likeness (QED) is 0.196. The Kier molecular flexibility index (Phi) is 7.16. The largest absolute Gasteiger partial charge is 0.206 e. The summed E-state index contributed by atoms with van der Waals surface area (Å²) in [6, 6.07) is 13.2. The third-order valence-corrected chi connectivity index (χ3v) is 6.87. The molecule has 0 aromatic heterocycles. The van der Waals surface area contributed by atoms with Gasteiger partial charge in [-0.3, -0.25) is 0 Å². The molecule has 5 heteroatoms. The molecule has 0 unspecified atom stereocenters. The molecule has 0 radical (unpaired) electrons. The number of benzene rings is 3. The zero-order chi connectivity index (χ0) is 23.5. The monoisotopic (exact) mass is 458 g/mol.